The van der Waals surface area contributed by atoms with Gasteiger partial charge in [-0.3, -0.25) is 9.59 Å². The Morgan fingerprint density at radius 1 is 0.769 bits per heavy atom. The van der Waals surface area contributed by atoms with Crippen LogP contribution in [0.5, 0.6) is 0 Å². The molecule has 3 N–H and O–H groups in total. The van der Waals surface area contributed by atoms with E-state index in [0.717, 1.165) is 5.56 Å². The van der Waals surface area contributed by atoms with Gasteiger partial charge in [0.1, 0.15) is 11.4 Å². The summed E-state index contributed by atoms with van der Waals surface area (Å²) in [5, 5.41) is 5.03. The van der Waals surface area contributed by atoms with E-state index in [1.54, 1.807) is 19.1 Å². The molecule has 1 aliphatic rings. The predicted octanol–water partition coefficient (Wildman–Crippen LogP) is 5.07. The van der Waals surface area contributed by atoms with Gasteiger partial charge in [0.2, 0.25) is 10.0 Å². The average molecular weight is 576 g/mol. The SMILES string of the molecule is Cc1ccc(S(=O)(=O)NC2CCCC[C@H]2Nc2c(Nc3cc(C(F)(F)F)cc(C(F)(F)F)c3)c(=O)c2=O)cc1. The highest BCUT2D eigenvalue weighted by Crippen LogP contribution is 2.38. The van der Waals surface area contributed by atoms with Gasteiger partial charge >= 0.3 is 12.4 Å². The fourth-order valence-corrected chi connectivity index (χ4v) is 5.75. The average Bonchev–Trinajstić information content (AvgIpc) is 2.85. The molecule has 0 aliphatic heterocycles. The first kappa shape index (κ1) is 28.6. The monoisotopic (exact) mass is 575 g/mol. The third-order valence-electron chi connectivity index (χ3n) is 6.50. The summed E-state index contributed by atoms with van der Waals surface area (Å²) in [6.07, 6.45) is -8.10. The second-order valence-corrected chi connectivity index (χ2v) is 11.1. The third-order valence-corrected chi connectivity index (χ3v) is 8.01. The molecule has 7 nitrogen and oxygen atoms in total. The van der Waals surface area contributed by atoms with Crippen LogP contribution in [0.4, 0.5) is 43.4 Å². The second-order valence-electron chi connectivity index (χ2n) is 9.40. The van der Waals surface area contributed by atoms with Crippen LogP contribution in [0.2, 0.25) is 0 Å². The Labute approximate surface area is 219 Å². The van der Waals surface area contributed by atoms with Crippen molar-refractivity contribution in [2.45, 2.75) is 61.9 Å². The summed E-state index contributed by atoms with van der Waals surface area (Å²) in [6, 6.07) is 5.50. The standard InChI is InChI=1S/C25H23F6N3O4S/c1-13-6-8-17(9-7-13)39(37,38)34-19-5-3-2-4-18(19)33-21-20(22(35)23(21)36)32-16-11-14(24(26,27)28)10-15(12-16)25(29,30)31/h6-12,18-19,32-34H,2-5H2,1H3/t18-,19?/m1/s1. The Morgan fingerprint density at radius 3 is 1.82 bits per heavy atom. The van der Waals surface area contributed by atoms with E-state index in [2.05, 4.69) is 15.4 Å². The molecular weight excluding hydrogens is 552 g/mol. The van der Waals surface area contributed by atoms with Crippen molar-refractivity contribution in [2.24, 2.45) is 0 Å². The Morgan fingerprint density at radius 2 is 1.28 bits per heavy atom. The summed E-state index contributed by atoms with van der Waals surface area (Å²) < 4.78 is 108. The molecule has 3 aromatic rings. The van der Waals surface area contributed by atoms with Crippen molar-refractivity contribution in [3.05, 3.63) is 79.6 Å². The van der Waals surface area contributed by atoms with E-state index in [9.17, 15) is 44.3 Å². The van der Waals surface area contributed by atoms with Crippen molar-refractivity contribution >= 4 is 27.1 Å². The van der Waals surface area contributed by atoms with Gasteiger partial charge in [0, 0.05) is 17.8 Å². The molecule has 0 saturated heterocycles. The Balaban J connectivity index is 1.60. The molecule has 3 aromatic carbocycles. The normalized spacial score (nSPS) is 18.7. The Hall–Kier alpha value is -3.39. The van der Waals surface area contributed by atoms with Crippen molar-refractivity contribution < 1.29 is 34.8 Å². The molecule has 1 unspecified atom stereocenters. The number of halogens is 6. The summed E-state index contributed by atoms with van der Waals surface area (Å²) in [7, 11) is -3.94. The fourth-order valence-electron chi connectivity index (χ4n) is 4.43. The maximum absolute atomic E-state index is 13.2. The number of anilines is 3. The summed E-state index contributed by atoms with van der Waals surface area (Å²) in [5.74, 6) is 0. The van der Waals surface area contributed by atoms with Crippen LogP contribution in [-0.2, 0) is 22.4 Å². The minimum absolute atomic E-state index is 0.0268. The van der Waals surface area contributed by atoms with Gasteiger partial charge in [0.15, 0.2) is 0 Å². The van der Waals surface area contributed by atoms with E-state index in [0.29, 0.717) is 37.8 Å². The number of alkyl halides is 6. The van der Waals surface area contributed by atoms with Gasteiger partial charge in [-0.2, -0.15) is 26.3 Å². The number of sulfonamides is 1. The zero-order valence-corrected chi connectivity index (χ0v) is 21.2. The van der Waals surface area contributed by atoms with Gasteiger partial charge in [0.25, 0.3) is 10.9 Å². The number of nitrogens with one attached hydrogen (secondary N) is 3. The van der Waals surface area contributed by atoms with Crippen LogP contribution in [0, 0.1) is 6.92 Å². The lowest BCUT2D eigenvalue weighted by Crippen LogP contribution is -2.50. The van der Waals surface area contributed by atoms with Crippen LogP contribution in [0.1, 0.15) is 42.4 Å². The molecule has 0 spiro atoms. The van der Waals surface area contributed by atoms with Crippen molar-refractivity contribution in [1.29, 1.82) is 0 Å². The van der Waals surface area contributed by atoms with E-state index in [1.807, 2.05) is 0 Å². The molecule has 210 valence electrons. The van der Waals surface area contributed by atoms with Crippen LogP contribution in [0.25, 0.3) is 0 Å². The maximum Gasteiger partial charge on any atom is 0.416 e. The largest absolute Gasteiger partial charge is 0.416 e. The van der Waals surface area contributed by atoms with Crippen molar-refractivity contribution in [2.75, 3.05) is 10.6 Å². The van der Waals surface area contributed by atoms with Crippen LogP contribution >= 0.6 is 0 Å². The zero-order valence-electron chi connectivity index (χ0n) is 20.3. The van der Waals surface area contributed by atoms with Gasteiger partial charge in [-0.1, -0.05) is 30.5 Å². The molecule has 2 atom stereocenters. The molecule has 1 saturated carbocycles. The number of rotatable bonds is 7. The van der Waals surface area contributed by atoms with Crippen LogP contribution < -0.4 is 26.2 Å². The van der Waals surface area contributed by atoms with Crippen LogP contribution in [-0.4, -0.2) is 20.5 Å². The van der Waals surface area contributed by atoms with E-state index in [4.69, 9.17) is 0 Å². The van der Waals surface area contributed by atoms with E-state index in [1.165, 1.54) is 12.1 Å². The van der Waals surface area contributed by atoms with Crippen molar-refractivity contribution in [1.82, 2.24) is 4.72 Å². The summed E-state index contributed by atoms with van der Waals surface area (Å²) in [6.45, 7) is 1.80. The second kappa shape index (κ2) is 10.3. The first-order chi connectivity index (χ1) is 18.1. The lowest BCUT2D eigenvalue weighted by Gasteiger charge is -2.34. The first-order valence-electron chi connectivity index (χ1n) is 11.8. The number of aryl methyl sites for hydroxylation is 1. The van der Waals surface area contributed by atoms with Gasteiger partial charge in [-0.05, 0) is 50.1 Å². The highest BCUT2D eigenvalue weighted by molar-refractivity contribution is 7.89. The maximum atomic E-state index is 13.2. The summed E-state index contributed by atoms with van der Waals surface area (Å²) in [4.78, 5) is 24.6. The van der Waals surface area contributed by atoms with Gasteiger partial charge < -0.3 is 10.6 Å². The van der Waals surface area contributed by atoms with Crippen molar-refractivity contribution in [3.63, 3.8) is 0 Å². The number of hydrogen-bond donors (Lipinski definition) is 3. The molecule has 4 rings (SSSR count). The molecule has 0 amide bonds. The Bertz CT molecular complexity index is 1510. The molecule has 0 bridgehead atoms. The van der Waals surface area contributed by atoms with E-state index < -0.39 is 67.8 Å². The lowest BCUT2D eigenvalue weighted by molar-refractivity contribution is -0.143. The highest BCUT2D eigenvalue weighted by Gasteiger charge is 2.38. The van der Waals surface area contributed by atoms with Gasteiger partial charge in [-0.15, -0.1) is 0 Å². The highest BCUT2D eigenvalue weighted by atomic mass is 32.2. The molecule has 1 aliphatic carbocycles. The third kappa shape index (κ3) is 6.27. The predicted molar refractivity (Wildman–Crippen MR) is 132 cm³/mol. The first-order valence-corrected chi connectivity index (χ1v) is 13.3. The Kier molecular flexibility index (Phi) is 7.56. The zero-order chi connectivity index (χ0) is 28.8. The quantitative estimate of drug-likeness (QED) is 0.268. The van der Waals surface area contributed by atoms with E-state index >= 15 is 0 Å². The topological polar surface area (TPSA) is 104 Å². The molecule has 0 radical (unpaired) electrons. The summed E-state index contributed by atoms with van der Waals surface area (Å²) in [5.41, 5.74) is -6.00. The lowest BCUT2D eigenvalue weighted by atomic mass is 9.90. The summed E-state index contributed by atoms with van der Waals surface area (Å²) >= 11 is 0. The minimum Gasteiger partial charge on any atom is -0.376 e. The van der Waals surface area contributed by atoms with Crippen LogP contribution in [0.15, 0.2) is 56.9 Å². The molecular formula is C25H23F6N3O4S. The molecule has 39 heavy (non-hydrogen) atoms. The van der Waals surface area contributed by atoms with Crippen LogP contribution in [0.3, 0.4) is 0 Å². The van der Waals surface area contributed by atoms with Gasteiger partial charge in [0.05, 0.1) is 16.0 Å². The van der Waals surface area contributed by atoms with Crippen molar-refractivity contribution in [3.8, 4) is 0 Å². The minimum atomic E-state index is -5.10. The van der Waals surface area contributed by atoms with E-state index in [-0.39, 0.29) is 16.6 Å². The smallest absolute Gasteiger partial charge is 0.376 e. The number of hydrogen-bond acceptors (Lipinski definition) is 6. The number of benzene rings is 2. The molecule has 14 heteroatoms. The van der Waals surface area contributed by atoms with Gasteiger partial charge in [-0.25, -0.2) is 13.1 Å². The molecule has 1 fully saturated rings. The fraction of sp³-hybridized carbons (Fsp3) is 0.360. The molecule has 0 heterocycles. The molecule has 0 aromatic heterocycles.